The summed E-state index contributed by atoms with van der Waals surface area (Å²) in [5.41, 5.74) is 5.91. The maximum Gasteiger partial charge on any atom is 0.329 e. The molecule has 0 bridgehead atoms. The molecule has 9 heteroatoms. The second-order valence-electron chi connectivity index (χ2n) is 4.90. The minimum absolute atomic E-state index is 0.0115. The molecule has 0 aliphatic heterocycles. The van der Waals surface area contributed by atoms with Crippen LogP contribution in [0.25, 0.3) is 0 Å². The third-order valence-electron chi connectivity index (χ3n) is 2.63. The van der Waals surface area contributed by atoms with Crippen molar-refractivity contribution in [2.24, 2.45) is 5.73 Å². The Hall–Kier alpha value is -0.520. The highest BCUT2D eigenvalue weighted by Crippen LogP contribution is 2.38. The lowest BCUT2D eigenvalue weighted by Gasteiger charge is -2.02. The molecule has 1 rings (SSSR count). The van der Waals surface area contributed by atoms with Gasteiger partial charge in [0.15, 0.2) is 0 Å². The third kappa shape index (κ3) is 15.9. The Morgan fingerprint density at radius 3 is 1.82 bits per heavy atom. The highest BCUT2D eigenvalue weighted by molar-refractivity contribution is 7.51. The molecular weight excluding hydrogens is 328 g/mol. The molecule has 0 saturated carbocycles. The van der Waals surface area contributed by atoms with E-state index >= 15 is 0 Å². The summed E-state index contributed by atoms with van der Waals surface area (Å²) in [5, 5.41) is 0. The van der Waals surface area contributed by atoms with Gasteiger partial charge in [0.1, 0.15) is 0 Å². The largest absolute Gasteiger partial charge is 0.330 e. The van der Waals surface area contributed by atoms with Crippen molar-refractivity contribution in [2.75, 3.05) is 12.7 Å². The van der Waals surface area contributed by atoms with Crippen LogP contribution >= 0.6 is 15.2 Å². The Morgan fingerprint density at radius 2 is 1.36 bits per heavy atom. The van der Waals surface area contributed by atoms with Gasteiger partial charge in [0.2, 0.25) is 0 Å². The standard InChI is InChI=1S/C7H9O3P.C6H16NO3P/c8-11(9,10)6-7-4-2-1-3-5-7;7-5-3-1-2-4-6-11(8,9)10/h1-5H,6H2,(H2,8,9,10);1-7H2,(H2,8,9,10). The number of rotatable bonds is 8. The van der Waals surface area contributed by atoms with Crippen molar-refractivity contribution < 1.29 is 28.7 Å². The smallest absolute Gasteiger partial charge is 0.329 e. The van der Waals surface area contributed by atoms with E-state index in [-0.39, 0.29) is 12.3 Å². The molecule has 0 spiro atoms. The van der Waals surface area contributed by atoms with Crippen molar-refractivity contribution in [3.8, 4) is 0 Å². The molecule has 0 saturated heterocycles. The minimum Gasteiger partial charge on any atom is -0.330 e. The normalized spacial score (nSPS) is 11.7. The van der Waals surface area contributed by atoms with Crippen LogP contribution in [0, 0.1) is 0 Å². The molecule has 0 radical (unpaired) electrons. The Balaban J connectivity index is 0.000000401. The van der Waals surface area contributed by atoms with Crippen LogP contribution in [0.5, 0.6) is 0 Å². The number of hydrogen-bond acceptors (Lipinski definition) is 3. The molecule has 0 amide bonds. The maximum atomic E-state index is 10.5. The van der Waals surface area contributed by atoms with Crippen LogP contribution in [-0.4, -0.2) is 32.3 Å². The number of nitrogens with two attached hydrogens (primary N) is 1. The van der Waals surface area contributed by atoms with E-state index in [1.54, 1.807) is 24.3 Å². The van der Waals surface area contributed by atoms with Crippen molar-refractivity contribution in [2.45, 2.75) is 31.8 Å². The van der Waals surface area contributed by atoms with Gasteiger partial charge in [-0.15, -0.1) is 0 Å². The molecule has 7 nitrogen and oxygen atoms in total. The van der Waals surface area contributed by atoms with Gasteiger partial charge < -0.3 is 25.3 Å². The molecule has 1 aromatic rings. The molecule has 0 unspecified atom stereocenters. The molecule has 0 fully saturated rings. The van der Waals surface area contributed by atoms with Gasteiger partial charge in [0, 0.05) is 6.16 Å². The molecule has 128 valence electrons. The lowest BCUT2D eigenvalue weighted by molar-refractivity contribution is 0.369. The first-order valence-corrected chi connectivity index (χ1v) is 10.6. The van der Waals surface area contributed by atoms with Gasteiger partial charge in [-0.25, -0.2) is 0 Å². The lowest BCUT2D eigenvalue weighted by Crippen LogP contribution is -1.98. The van der Waals surface area contributed by atoms with Gasteiger partial charge in [-0.05, 0) is 24.9 Å². The predicted octanol–water partition coefficient (Wildman–Crippen LogP) is 2.05. The maximum absolute atomic E-state index is 10.5. The Labute approximate surface area is 130 Å². The summed E-state index contributed by atoms with van der Waals surface area (Å²) in [4.78, 5) is 34.1. The van der Waals surface area contributed by atoms with E-state index < -0.39 is 15.2 Å². The van der Waals surface area contributed by atoms with Crippen LogP contribution in [0.15, 0.2) is 30.3 Å². The van der Waals surface area contributed by atoms with Crippen molar-refractivity contribution in [3.63, 3.8) is 0 Å². The van der Waals surface area contributed by atoms with Crippen molar-refractivity contribution in [3.05, 3.63) is 35.9 Å². The van der Waals surface area contributed by atoms with Gasteiger partial charge >= 0.3 is 15.2 Å². The summed E-state index contributed by atoms with van der Waals surface area (Å²) >= 11 is 0. The van der Waals surface area contributed by atoms with Crippen LogP contribution in [0.3, 0.4) is 0 Å². The summed E-state index contributed by atoms with van der Waals surface area (Å²) in [7, 11) is -7.63. The van der Waals surface area contributed by atoms with Crippen LogP contribution in [0.2, 0.25) is 0 Å². The van der Waals surface area contributed by atoms with Gasteiger partial charge in [0.05, 0.1) is 6.16 Å². The number of unbranched alkanes of at least 4 members (excludes halogenated alkanes) is 3. The first-order valence-electron chi connectivity index (χ1n) is 6.97. The van der Waals surface area contributed by atoms with Crippen molar-refractivity contribution >= 4 is 15.2 Å². The first kappa shape index (κ1) is 21.5. The zero-order chi connectivity index (χ0) is 17.1. The fourth-order valence-electron chi connectivity index (χ4n) is 1.64. The van der Waals surface area contributed by atoms with Crippen molar-refractivity contribution in [1.29, 1.82) is 0 Å². The Morgan fingerprint density at radius 1 is 0.818 bits per heavy atom. The SMILES string of the molecule is NCCCCCCP(=O)(O)O.O=P(O)(O)Cc1ccccc1. The topological polar surface area (TPSA) is 141 Å². The Bertz CT molecular complexity index is 485. The molecule has 0 aromatic heterocycles. The van der Waals surface area contributed by atoms with Gasteiger partial charge in [0.25, 0.3) is 0 Å². The molecule has 0 heterocycles. The molecule has 0 atom stereocenters. The first-order chi connectivity index (χ1) is 10.1. The van der Waals surface area contributed by atoms with E-state index in [1.165, 1.54) is 0 Å². The van der Waals surface area contributed by atoms with E-state index in [9.17, 15) is 9.13 Å². The summed E-state index contributed by atoms with van der Waals surface area (Å²) in [5.74, 6) is 0. The van der Waals surface area contributed by atoms with E-state index in [0.29, 0.717) is 18.5 Å². The minimum atomic E-state index is -3.89. The molecule has 22 heavy (non-hydrogen) atoms. The molecule has 0 aliphatic rings. The van der Waals surface area contributed by atoms with E-state index in [2.05, 4.69) is 0 Å². The molecular formula is C13H25NO6P2. The van der Waals surface area contributed by atoms with Crippen molar-refractivity contribution in [1.82, 2.24) is 0 Å². The quantitative estimate of drug-likeness (QED) is 0.356. The molecule has 0 aliphatic carbocycles. The fourth-order valence-corrected chi connectivity index (χ4v) is 2.96. The summed E-state index contributed by atoms with van der Waals surface area (Å²) in [6.45, 7) is 0.663. The predicted molar refractivity (Wildman–Crippen MR) is 86.6 cm³/mol. The number of hydrogen-bond donors (Lipinski definition) is 5. The van der Waals surface area contributed by atoms with E-state index in [4.69, 9.17) is 25.3 Å². The third-order valence-corrected chi connectivity index (χ3v) is 4.31. The monoisotopic (exact) mass is 353 g/mol. The molecule has 1 aromatic carbocycles. The highest BCUT2D eigenvalue weighted by Gasteiger charge is 2.12. The Kier molecular flexibility index (Phi) is 10.8. The number of benzene rings is 1. The van der Waals surface area contributed by atoms with Gasteiger partial charge in [-0.2, -0.15) is 0 Å². The lowest BCUT2D eigenvalue weighted by atomic mass is 10.2. The van der Waals surface area contributed by atoms with E-state index in [0.717, 1.165) is 19.3 Å². The van der Waals surface area contributed by atoms with Gasteiger partial charge in [-0.3, -0.25) is 9.13 Å². The van der Waals surface area contributed by atoms with Crippen LogP contribution < -0.4 is 5.73 Å². The second kappa shape index (κ2) is 11.1. The van der Waals surface area contributed by atoms with Crippen LogP contribution in [-0.2, 0) is 15.3 Å². The summed E-state index contributed by atoms with van der Waals surface area (Å²) in [6, 6.07) is 8.71. The zero-order valence-corrected chi connectivity index (χ0v) is 14.2. The highest BCUT2D eigenvalue weighted by atomic mass is 31.2. The van der Waals surface area contributed by atoms with Crippen LogP contribution in [0.1, 0.15) is 31.2 Å². The molecule has 6 N–H and O–H groups in total. The average molecular weight is 353 g/mol. The zero-order valence-electron chi connectivity index (χ0n) is 12.4. The van der Waals surface area contributed by atoms with E-state index in [1.807, 2.05) is 6.07 Å². The average Bonchev–Trinajstić information content (AvgIpc) is 2.37. The second-order valence-corrected chi connectivity index (χ2v) is 8.32. The van der Waals surface area contributed by atoms with Crippen LogP contribution in [0.4, 0.5) is 0 Å². The summed E-state index contributed by atoms with van der Waals surface area (Å²) in [6.07, 6.45) is 3.22. The summed E-state index contributed by atoms with van der Waals surface area (Å²) < 4.78 is 20.8. The van der Waals surface area contributed by atoms with Gasteiger partial charge in [-0.1, -0.05) is 43.2 Å². The fraction of sp³-hybridized carbons (Fsp3) is 0.538.